The first-order valence-electron chi connectivity index (χ1n) is 8.44. The van der Waals surface area contributed by atoms with Gasteiger partial charge in [-0.2, -0.15) is 0 Å². The molecule has 0 bridgehead atoms. The predicted molar refractivity (Wildman–Crippen MR) is 101 cm³/mol. The first-order valence-corrected chi connectivity index (χ1v) is 8.82. The van der Waals surface area contributed by atoms with E-state index in [0.717, 1.165) is 6.42 Å². The molecule has 1 atom stereocenters. The second-order valence-corrected chi connectivity index (χ2v) is 6.37. The molecular formula is C17H21ClN6O2. The highest BCUT2D eigenvalue weighted by molar-refractivity contribution is 6.34. The lowest BCUT2D eigenvalue weighted by molar-refractivity contribution is 0.144. The van der Waals surface area contributed by atoms with Crippen LogP contribution in [0.25, 0.3) is 0 Å². The van der Waals surface area contributed by atoms with E-state index < -0.39 is 5.66 Å². The van der Waals surface area contributed by atoms with Gasteiger partial charge in [0.1, 0.15) is 29.2 Å². The number of fused-ring (bicyclic) bond motifs is 1. The van der Waals surface area contributed by atoms with Crippen LogP contribution >= 0.6 is 11.6 Å². The third-order valence-electron chi connectivity index (χ3n) is 4.37. The Hall–Kier alpha value is -2.45. The Morgan fingerprint density at radius 1 is 1.38 bits per heavy atom. The van der Waals surface area contributed by atoms with Gasteiger partial charge in [0.15, 0.2) is 5.84 Å². The van der Waals surface area contributed by atoms with Gasteiger partial charge in [-0.25, -0.2) is 20.4 Å². The molecule has 1 unspecified atom stereocenters. The number of nitrogens with one attached hydrogen (secondary N) is 2. The smallest absolute Gasteiger partial charge is 0.276 e. The Morgan fingerprint density at radius 2 is 2.19 bits per heavy atom. The number of hydrogen-bond donors (Lipinski definition) is 2. The lowest BCUT2D eigenvalue weighted by atomic mass is 10.0. The van der Waals surface area contributed by atoms with Crippen LogP contribution in [-0.2, 0) is 10.5 Å². The summed E-state index contributed by atoms with van der Waals surface area (Å²) in [5, 5.41) is 3.42. The largest absolute Gasteiger partial charge is 0.336 e. The van der Waals surface area contributed by atoms with Gasteiger partial charge in [0.25, 0.3) is 5.56 Å². The summed E-state index contributed by atoms with van der Waals surface area (Å²) in [5.74, 6) is 0.971. The monoisotopic (exact) mass is 376 g/mol. The molecular weight excluding hydrogens is 356 g/mol. The van der Waals surface area contributed by atoms with Gasteiger partial charge in [0.05, 0.1) is 12.1 Å². The van der Waals surface area contributed by atoms with Crippen LogP contribution in [0.3, 0.4) is 0 Å². The minimum absolute atomic E-state index is 0.213. The standard InChI is InChI=1S/C17H21ClN6O2/c1-4-7-17(5-2)22-15(23-26-3)14-11(18)9-12(16(25)24(14)17)21-13-6-8-19-10-20-13/h6,8-10H,4-5,7H2,1-3H3,(H,22,23)(H,19,20,21). The highest BCUT2D eigenvalue weighted by Crippen LogP contribution is 2.37. The Kier molecular flexibility index (Phi) is 5.24. The van der Waals surface area contributed by atoms with Crippen LogP contribution in [-0.4, -0.2) is 27.5 Å². The molecule has 2 aromatic rings. The minimum Gasteiger partial charge on any atom is -0.336 e. The molecule has 2 N–H and O–H groups in total. The van der Waals surface area contributed by atoms with Gasteiger partial charge in [-0.05, 0) is 25.0 Å². The maximum Gasteiger partial charge on any atom is 0.276 e. The maximum atomic E-state index is 13.3. The van der Waals surface area contributed by atoms with Crippen LogP contribution in [0.4, 0.5) is 11.5 Å². The number of hydrogen-bond acceptors (Lipinski definition) is 7. The number of amidine groups is 1. The molecule has 8 nitrogen and oxygen atoms in total. The number of nitrogens with zero attached hydrogens (tertiary/aromatic N) is 4. The first kappa shape index (κ1) is 18.3. The fourth-order valence-corrected chi connectivity index (χ4v) is 3.54. The van der Waals surface area contributed by atoms with Gasteiger partial charge in [-0.15, -0.1) is 0 Å². The topological polar surface area (TPSA) is 93.4 Å². The number of aliphatic imine (C=N–C) groups is 1. The second kappa shape index (κ2) is 7.43. The van der Waals surface area contributed by atoms with E-state index >= 15 is 0 Å². The van der Waals surface area contributed by atoms with E-state index in [1.54, 1.807) is 22.9 Å². The number of aromatic nitrogens is 3. The van der Waals surface area contributed by atoms with Crippen molar-refractivity contribution in [2.75, 3.05) is 12.4 Å². The van der Waals surface area contributed by atoms with Crippen LogP contribution in [0.5, 0.6) is 0 Å². The molecule has 0 saturated heterocycles. The normalized spacial score (nSPS) is 18.4. The van der Waals surface area contributed by atoms with Crippen molar-refractivity contribution in [3.05, 3.63) is 45.7 Å². The first-order chi connectivity index (χ1) is 12.6. The summed E-state index contributed by atoms with van der Waals surface area (Å²) in [4.78, 5) is 31.0. The molecule has 138 valence electrons. The van der Waals surface area contributed by atoms with Gasteiger partial charge < -0.3 is 5.32 Å². The number of hydroxylamine groups is 1. The van der Waals surface area contributed by atoms with Crippen molar-refractivity contribution in [3.8, 4) is 0 Å². The van der Waals surface area contributed by atoms with Crippen LogP contribution in [0, 0.1) is 0 Å². The molecule has 0 aliphatic carbocycles. The van der Waals surface area contributed by atoms with E-state index in [9.17, 15) is 4.79 Å². The van der Waals surface area contributed by atoms with Gasteiger partial charge in [0.2, 0.25) is 0 Å². The van der Waals surface area contributed by atoms with Crippen molar-refractivity contribution in [2.45, 2.75) is 38.8 Å². The highest BCUT2D eigenvalue weighted by atomic mass is 35.5. The van der Waals surface area contributed by atoms with E-state index in [1.807, 2.05) is 6.92 Å². The van der Waals surface area contributed by atoms with Crippen molar-refractivity contribution in [1.82, 2.24) is 20.0 Å². The molecule has 1 aliphatic heterocycles. The summed E-state index contributed by atoms with van der Waals surface area (Å²) in [6.07, 6.45) is 5.23. The zero-order valence-corrected chi connectivity index (χ0v) is 15.7. The molecule has 2 aromatic heterocycles. The van der Waals surface area contributed by atoms with Crippen molar-refractivity contribution >= 4 is 28.9 Å². The second-order valence-electron chi connectivity index (χ2n) is 5.97. The molecule has 26 heavy (non-hydrogen) atoms. The number of rotatable bonds is 6. The molecule has 1 aliphatic rings. The Morgan fingerprint density at radius 3 is 2.81 bits per heavy atom. The summed E-state index contributed by atoms with van der Waals surface area (Å²) in [5.41, 5.74) is 2.70. The van der Waals surface area contributed by atoms with Gasteiger partial charge in [-0.3, -0.25) is 14.2 Å². The SMILES string of the molecule is CCCC1(CC)N=C(NOC)c2c(Cl)cc(Nc3ccncn3)c(=O)n21. The molecule has 0 saturated carbocycles. The van der Waals surface area contributed by atoms with Crippen molar-refractivity contribution in [3.63, 3.8) is 0 Å². The third-order valence-corrected chi connectivity index (χ3v) is 4.66. The van der Waals surface area contributed by atoms with E-state index in [1.165, 1.54) is 13.4 Å². The predicted octanol–water partition coefficient (Wildman–Crippen LogP) is 2.81. The lowest BCUT2D eigenvalue weighted by Crippen LogP contribution is -2.39. The van der Waals surface area contributed by atoms with Crippen LogP contribution < -0.4 is 16.4 Å². The van der Waals surface area contributed by atoms with Crippen LogP contribution in [0.1, 0.15) is 38.8 Å². The summed E-state index contributed by atoms with van der Waals surface area (Å²) in [7, 11) is 1.50. The van der Waals surface area contributed by atoms with Crippen molar-refractivity contribution in [2.24, 2.45) is 4.99 Å². The molecule has 0 aromatic carbocycles. The van der Waals surface area contributed by atoms with E-state index in [0.29, 0.717) is 40.9 Å². The summed E-state index contributed by atoms with van der Waals surface area (Å²) < 4.78 is 1.66. The molecule has 0 radical (unpaired) electrons. The average Bonchev–Trinajstić information content (AvgIpc) is 2.96. The van der Waals surface area contributed by atoms with Crippen molar-refractivity contribution < 1.29 is 4.84 Å². The summed E-state index contributed by atoms with van der Waals surface area (Å²) in [6, 6.07) is 3.27. The molecule has 9 heteroatoms. The maximum absolute atomic E-state index is 13.3. The van der Waals surface area contributed by atoms with E-state index in [-0.39, 0.29) is 5.56 Å². The average molecular weight is 377 g/mol. The lowest BCUT2D eigenvalue weighted by Gasteiger charge is -2.28. The molecule has 0 spiro atoms. The Bertz CT molecular complexity index is 883. The highest BCUT2D eigenvalue weighted by Gasteiger charge is 2.40. The number of anilines is 2. The Labute approximate surface area is 156 Å². The minimum atomic E-state index is -0.699. The van der Waals surface area contributed by atoms with Crippen molar-refractivity contribution in [1.29, 1.82) is 0 Å². The van der Waals surface area contributed by atoms with Gasteiger partial charge in [0, 0.05) is 6.20 Å². The van der Waals surface area contributed by atoms with E-state index in [4.69, 9.17) is 21.4 Å². The molecule has 0 fully saturated rings. The molecule has 0 amide bonds. The fourth-order valence-electron chi connectivity index (χ4n) is 3.25. The Balaban J connectivity index is 2.17. The molecule has 3 rings (SSSR count). The van der Waals surface area contributed by atoms with Gasteiger partial charge in [-0.1, -0.05) is 31.9 Å². The fraction of sp³-hybridized carbons (Fsp3) is 0.412. The number of pyridine rings is 1. The quantitative estimate of drug-likeness (QED) is 0.753. The number of halogens is 1. The third kappa shape index (κ3) is 3.06. The zero-order valence-electron chi connectivity index (χ0n) is 14.9. The van der Waals surface area contributed by atoms with Crippen LogP contribution in [0.15, 0.2) is 34.4 Å². The molecule has 3 heterocycles. The zero-order chi connectivity index (χ0) is 18.7. The van der Waals surface area contributed by atoms with Crippen LogP contribution in [0.2, 0.25) is 5.02 Å². The summed E-state index contributed by atoms with van der Waals surface area (Å²) >= 11 is 6.52. The van der Waals surface area contributed by atoms with Gasteiger partial charge >= 0.3 is 0 Å². The summed E-state index contributed by atoms with van der Waals surface area (Å²) in [6.45, 7) is 4.06. The van der Waals surface area contributed by atoms with E-state index in [2.05, 4.69) is 27.7 Å².